The predicted octanol–water partition coefficient (Wildman–Crippen LogP) is 6.01. The summed E-state index contributed by atoms with van der Waals surface area (Å²) in [6.07, 6.45) is 0. The molecular formula is C23H26N2OS. The van der Waals surface area contributed by atoms with Gasteiger partial charge < -0.3 is 5.32 Å². The molecule has 1 N–H and O–H groups in total. The normalized spacial score (nSPS) is 11.2. The van der Waals surface area contributed by atoms with E-state index in [-0.39, 0.29) is 5.91 Å². The topological polar surface area (TPSA) is 42.0 Å². The van der Waals surface area contributed by atoms with Crippen LogP contribution in [0.15, 0.2) is 47.5 Å². The zero-order valence-corrected chi connectivity index (χ0v) is 17.4. The Morgan fingerprint density at radius 1 is 1.04 bits per heavy atom. The number of rotatable bonds is 5. The highest BCUT2D eigenvalue weighted by Crippen LogP contribution is 2.27. The van der Waals surface area contributed by atoms with Gasteiger partial charge in [0.05, 0.1) is 16.3 Å². The number of carbonyl (C=O) groups excluding carboxylic acids is 1. The molecule has 4 heteroatoms. The van der Waals surface area contributed by atoms with Gasteiger partial charge in [0.2, 0.25) is 5.91 Å². The van der Waals surface area contributed by atoms with E-state index in [0.717, 1.165) is 16.2 Å². The van der Waals surface area contributed by atoms with Crippen molar-refractivity contribution in [1.82, 2.24) is 4.98 Å². The molecule has 0 bridgehead atoms. The van der Waals surface area contributed by atoms with Crippen molar-refractivity contribution >= 4 is 34.3 Å². The second kappa shape index (κ2) is 8.13. The zero-order valence-electron chi connectivity index (χ0n) is 16.6. The highest BCUT2D eigenvalue weighted by molar-refractivity contribution is 7.99. The molecule has 27 heavy (non-hydrogen) atoms. The van der Waals surface area contributed by atoms with Crippen LogP contribution < -0.4 is 5.32 Å². The number of aromatic nitrogens is 1. The van der Waals surface area contributed by atoms with Gasteiger partial charge in [-0.3, -0.25) is 4.79 Å². The lowest BCUT2D eigenvalue weighted by Gasteiger charge is -2.10. The molecule has 0 spiro atoms. The number of benzene rings is 2. The zero-order chi connectivity index (χ0) is 19.6. The standard InChI is InChI=1S/C23H26N2OS/c1-14(2)18-6-8-19(9-7-18)24-21(26)13-27-22-12-16(4)20-11-15(3)10-17(5)23(20)25-22/h6-12,14H,13H2,1-5H3,(H,24,26). The largest absolute Gasteiger partial charge is 0.325 e. The minimum Gasteiger partial charge on any atom is -0.325 e. The van der Waals surface area contributed by atoms with Crippen LogP contribution in [0.4, 0.5) is 5.69 Å². The summed E-state index contributed by atoms with van der Waals surface area (Å²) in [5.74, 6) is 0.812. The summed E-state index contributed by atoms with van der Waals surface area (Å²) < 4.78 is 0. The van der Waals surface area contributed by atoms with Crippen LogP contribution in [0.1, 0.15) is 42.0 Å². The highest BCUT2D eigenvalue weighted by Gasteiger charge is 2.09. The minimum atomic E-state index is -0.0162. The number of hydrogen-bond acceptors (Lipinski definition) is 3. The van der Waals surface area contributed by atoms with E-state index in [1.807, 2.05) is 12.1 Å². The second-order valence-electron chi connectivity index (χ2n) is 7.37. The quantitative estimate of drug-likeness (QED) is 0.552. The van der Waals surface area contributed by atoms with Gasteiger partial charge >= 0.3 is 0 Å². The van der Waals surface area contributed by atoms with Gasteiger partial charge in [-0.1, -0.05) is 49.4 Å². The Labute approximate surface area is 165 Å². The van der Waals surface area contributed by atoms with Crippen molar-refractivity contribution in [3.8, 4) is 0 Å². The summed E-state index contributed by atoms with van der Waals surface area (Å²) in [6.45, 7) is 10.6. The molecule has 3 aromatic rings. The smallest absolute Gasteiger partial charge is 0.234 e. The van der Waals surface area contributed by atoms with Gasteiger partial charge in [-0.25, -0.2) is 4.98 Å². The summed E-state index contributed by atoms with van der Waals surface area (Å²) in [7, 11) is 0. The number of thioether (sulfide) groups is 1. The van der Waals surface area contributed by atoms with Gasteiger partial charge in [0.15, 0.2) is 0 Å². The molecule has 3 rings (SSSR count). The van der Waals surface area contributed by atoms with Crippen molar-refractivity contribution < 1.29 is 4.79 Å². The van der Waals surface area contributed by atoms with Gasteiger partial charge in [0.1, 0.15) is 0 Å². The van der Waals surface area contributed by atoms with Crippen LogP contribution in [0.5, 0.6) is 0 Å². The Kier molecular flexibility index (Phi) is 5.85. The fraction of sp³-hybridized carbons (Fsp3) is 0.304. The first-order chi connectivity index (χ1) is 12.8. The number of hydrogen-bond donors (Lipinski definition) is 1. The average Bonchev–Trinajstić information content (AvgIpc) is 2.61. The Bertz CT molecular complexity index is 978. The summed E-state index contributed by atoms with van der Waals surface area (Å²) in [6, 6.07) is 14.4. The molecule has 0 aliphatic heterocycles. The first kappa shape index (κ1) is 19.4. The van der Waals surface area contributed by atoms with Crippen LogP contribution in [0.3, 0.4) is 0 Å². The van der Waals surface area contributed by atoms with Crippen LogP contribution in [-0.2, 0) is 4.79 Å². The van der Waals surface area contributed by atoms with E-state index in [2.05, 4.69) is 70.3 Å². The van der Waals surface area contributed by atoms with Crippen LogP contribution in [-0.4, -0.2) is 16.6 Å². The van der Waals surface area contributed by atoms with E-state index in [1.165, 1.54) is 39.4 Å². The molecule has 0 saturated carbocycles. The van der Waals surface area contributed by atoms with E-state index in [0.29, 0.717) is 11.7 Å². The molecule has 2 aromatic carbocycles. The first-order valence-corrected chi connectivity index (χ1v) is 10.2. The van der Waals surface area contributed by atoms with Gasteiger partial charge in [0.25, 0.3) is 0 Å². The lowest BCUT2D eigenvalue weighted by molar-refractivity contribution is -0.113. The number of anilines is 1. The van der Waals surface area contributed by atoms with Crippen molar-refractivity contribution in [3.05, 3.63) is 64.7 Å². The maximum absolute atomic E-state index is 12.3. The SMILES string of the molecule is Cc1cc(C)c2nc(SCC(=O)Nc3ccc(C(C)C)cc3)cc(C)c2c1. The molecule has 140 valence electrons. The molecule has 3 nitrogen and oxygen atoms in total. The summed E-state index contributed by atoms with van der Waals surface area (Å²) in [5.41, 5.74) is 6.73. The molecule has 1 amide bonds. The number of carbonyl (C=O) groups is 1. The van der Waals surface area contributed by atoms with Crippen molar-refractivity contribution in [2.45, 2.75) is 45.6 Å². The first-order valence-electron chi connectivity index (χ1n) is 9.24. The van der Waals surface area contributed by atoms with Gasteiger partial charge in [-0.2, -0.15) is 0 Å². The van der Waals surface area contributed by atoms with Crippen LogP contribution >= 0.6 is 11.8 Å². The minimum absolute atomic E-state index is 0.0162. The Balaban J connectivity index is 1.68. The number of nitrogens with one attached hydrogen (secondary N) is 1. The van der Waals surface area contributed by atoms with E-state index in [9.17, 15) is 4.79 Å². The highest BCUT2D eigenvalue weighted by atomic mass is 32.2. The molecule has 0 aliphatic carbocycles. The Morgan fingerprint density at radius 2 is 1.74 bits per heavy atom. The summed E-state index contributed by atoms with van der Waals surface area (Å²) in [5, 5.41) is 5.03. The van der Waals surface area contributed by atoms with Gasteiger partial charge in [-0.15, -0.1) is 0 Å². The van der Waals surface area contributed by atoms with E-state index < -0.39 is 0 Å². The number of amides is 1. The molecule has 0 unspecified atom stereocenters. The third kappa shape index (κ3) is 4.69. The molecular weight excluding hydrogens is 352 g/mol. The van der Waals surface area contributed by atoms with Crippen molar-refractivity contribution in [3.63, 3.8) is 0 Å². The monoisotopic (exact) mass is 378 g/mol. The molecule has 0 fully saturated rings. The predicted molar refractivity (Wildman–Crippen MR) is 116 cm³/mol. The molecule has 0 atom stereocenters. The Hall–Kier alpha value is -2.33. The van der Waals surface area contributed by atoms with E-state index in [4.69, 9.17) is 4.98 Å². The molecule has 0 aliphatic rings. The lowest BCUT2D eigenvalue weighted by atomic mass is 10.0. The molecule has 1 aromatic heterocycles. The number of pyridine rings is 1. The molecule has 0 radical (unpaired) electrons. The number of fused-ring (bicyclic) bond motifs is 1. The molecule has 1 heterocycles. The average molecular weight is 379 g/mol. The van der Waals surface area contributed by atoms with Gasteiger partial charge in [0, 0.05) is 11.1 Å². The third-order valence-electron chi connectivity index (χ3n) is 4.64. The fourth-order valence-corrected chi connectivity index (χ4v) is 3.94. The molecule has 0 saturated heterocycles. The summed E-state index contributed by atoms with van der Waals surface area (Å²) >= 11 is 1.47. The van der Waals surface area contributed by atoms with E-state index in [1.54, 1.807) is 0 Å². The van der Waals surface area contributed by atoms with Crippen LogP contribution in [0.25, 0.3) is 10.9 Å². The van der Waals surface area contributed by atoms with Gasteiger partial charge in [-0.05, 0) is 67.6 Å². The number of aryl methyl sites for hydroxylation is 3. The summed E-state index contributed by atoms with van der Waals surface area (Å²) in [4.78, 5) is 17.1. The second-order valence-corrected chi connectivity index (χ2v) is 8.36. The maximum atomic E-state index is 12.3. The van der Waals surface area contributed by atoms with Crippen molar-refractivity contribution in [1.29, 1.82) is 0 Å². The lowest BCUT2D eigenvalue weighted by Crippen LogP contribution is -2.14. The third-order valence-corrected chi connectivity index (χ3v) is 5.56. The van der Waals surface area contributed by atoms with Crippen molar-refractivity contribution in [2.24, 2.45) is 0 Å². The number of nitrogens with zero attached hydrogens (tertiary/aromatic N) is 1. The Morgan fingerprint density at radius 3 is 2.41 bits per heavy atom. The van der Waals surface area contributed by atoms with Crippen molar-refractivity contribution in [2.75, 3.05) is 11.1 Å². The maximum Gasteiger partial charge on any atom is 0.234 e. The van der Waals surface area contributed by atoms with E-state index >= 15 is 0 Å². The fourth-order valence-electron chi connectivity index (χ4n) is 3.18. The van der Waals surface area contributed by atoms with Crippen LogP contribution in [0.2, 0.25) is 0 Å². The van der Waals surface area contributed by atoms with Crippen LogP contribution in [0, 0.1) is 20.8 Å².